The zero-order valence-corrected chi connectivity index (χ0v) is 11.0. The molecule has 0 radical (unpaired) electrons. The monoisotopic (exact) mass is 255 g/mol. The van der Waals surface area contributed by atoms with Crippen LogP contribution in [0.3, 0.4) is 0 Å². The fourth-order valence-electron chi connectivity index (χ4n) is 1.78. The molecule has 1 aromatic carbocycles. The molecule has 0 amide bonds. The zero-order valence-electron chi connectivity index (χ0n) is 11.0. The number of ketones is 1. The molecule has 0 fully saturated rings. The first-order chi connectivity index (χ1) is 9.25. The van der Waals surface area contributed by atoms with E-state index in [0.717, 1.165) is 12.8 Å². The third-order valence-corrected chi connectivity index (χ3v) is 2.82. The van der Waals surface area contributed by atoms with Gasteiger partial charge in [-0.25, -0.2) is 4.98 Å². The Morgan fingerprint density at radius 2 is 1.95 bits per heavy atom. The van der Waals surface area contributed by atoms with E-state index in [1.165, 1.54) is 12.5 Å². The van der Waals surface area contributed by atoms with Crippen LogP contribution >= 0.6 is 0 Å². The van der Waals surface area contributed by atoms with E-state index in [2.05, 4.69) is 17.1 Å². The summed E-state index contributed by atoms with van der Waals surface area (Å²) >= 11 is 0. The second-order valence-corrected chi connectivity index (χ2v) is 4.37. The highest BCUT2D eigenvalue weighted by Crippen LogP contribution is 2.10. The van der Waals surface area contributed by atoms with Gasteiger partial charge in [0, 0.05) is 6.92 Å². The quantitative estimate of drug-likeness (QED) is 0.587. The molecule has 1 aromatic heterocycles. The summed E-state index contributed by atoms with van der Waals surface area (Å²) < 4.78 is 5.59. The summed E-state index contributed by atoms with van der Waals surface area (Å²) in [5.41, 5.74) is 1.78. The summed E-state index contributed by atoms with van der Waals surface area (Å²) in [6, 6.07) is 13.8. The maximum Gasteiger partial charge on any atom is 0.178 e. The van der Waals surface area contributed by atoms with Gasteiger partial charge in [-0.2, -0.15) is 0 Å². The van der Waals surface area contributed by atoms with Crippen LogP contribution < -0.4 is 4.74 Å². The lowest BCUT2D eigenvalue weighted by Crippen LogP contribution is -2.01. The van der Waals surface area contributed by atoms with E-state index in [-0.39, 0.29) is 5.78 Å². The molecule has 3 heteroatoms. The number of nitrogens with zero attached hydrogens (tertiary/aromatic N) is 1. The molecule has 0 aliphatic carbocycles. The van der Waals surface area contributed by atoms with Crippen LogP contribution in [-0.4, -0.2) is 17.4 Å². The largest absolute Gasteiger partial charge is 0.492 e. The third kappa shape index (κ3) is 4.21. The van der Waals surface area contributed by atoms with E-state index >= 15 is 0 Å². The minimum Gasteiger partial charge on any atom is -0.492 e. The van der Waals surface area contributed by atoms with Crippen molar-refractivity contribution < 1.29 is 9.53 Å². The summed E-state index contributed by atoms with van der Waals surface area (Å²) in [4.78, 5) is 15.1. The Morgan fingerprint density at radius 1 is 1.16 bits per heavy atom. The lowest BCUT2D eigenvalue weighted by atomic mass is 10.1. The maximum absolute atomic E-state index is 11.1. The molecule has 1 heterocycles. The molecule has 3 nitrogen and oxygen atoms in total. The molecule has 2 rings (SSSR count). The molecule has 0 saturated heterocycles. The van der Waals surface area contributed by atoms with Crippen LogP contribution in [0.1, 0.15) is 29.4 Å². The van der Waals surface area contributed by atoms with Crippen molar-refractivity contribution in [1.82, 2.24) is 4.98 Å². The number of rotatable bonds is 6. The van der Waals surface area contributed by atoms with Crippen LogP contribution in [0, 0.1) is 0 Å². The van der Waals surface area contributed by atoms with Crippen molar-refractivity contribution in [3.8, 4) is 5.75 Å². The van der Waals surface area contributed by atoms with Gasteiger partial charge in [0.25, 0.3) is 0 Å². The lowest BCUT2D eigenvalue weighted by Gasteiger charge is -2.06. The first kappa shape index (κ1) is 13.3. The molecule has 19 heavy (non-hydrogen) atoms. The second kappa shape index (κ2) is 6.69. The van der Waals surface area contributed by atoms with Gasteiger partial charge in [0.1, 0.15) is 11.4 Å². The number of benzene rings is 1. The number of carbonyl (C=O) groups is 1. The average molecular weight is 255 g/mol. The van der Waals surface area contributed by atoms with Gasteiger partial charge < -0.3 is 4.74 Å². The van der Waals surface area contributed by atoms with Crippen molar-refractivity contribution >= 4 is 5.78 Å². The Balaban J connectivity index is 1.75. The number of ether oxygens (including phenoxy) is 1. The van der Waals surface area contributed by atoms with Gasteiger partial charge >= 0.3 is 0 Å². The molecule has 0 aliphatic rings. The number of carbonyl (C=O) groups excluding carboxylic acids is 1. The highest BCUT2D eigenvalue weighted by atomic mass is 16.5. The molecule has 0 unspecified atom stereocenters. The highest BCUT2D eigenvalue weighted by Gasteiger charge is 2.01. The van der Waals surface area contributed by atoms with Gasteiger partial charge in [-0.15, -0.1) is 0 Å². The SMILES string of the molecule is CC(=O)c1ccc(OCCCc2ccccc2)cn1. The second-order valence-electron chi connectivity index (χ2n) is 4.37. The molecular weight excluding hydrogens is 238 g/mol. The predicted molar refractivity (Wildman–Crippen MR) is 74.5 cm³/mol. The van der Waals surface area contributed by atoms with Gasteiger partial charge in [-0.1, -0.05) is 30.3 Å². The standard InChI is InChI=1S/C16H17NO2/c1-13(18)16-10-9-15(12-17-16)19-11-5-8-14-6-3-2-4-7-14/h2-4,6-7,9-10,12H,5,8,11H2,1H3. The molecular formula is C16H17NO2. The Morgan fingerprint density at radius 3 is 2.58 bits per heavy atom. The van der Waals surface area contributed by atoms with E-state index in [0.29, 0.717) is 18.1 Å². The fraction of sp³-hybridized carbons (Fsp3) is 0.250. The summed E-state index contributed by atoms with van der Waals surface area (Å²) in [5, 5.41) is 0. The van der Waals surface area contributed by atoms with E-state index < -0.39 is 0 Å². The Bertz CT molecular complexity index is 520. The number of aromatic nitrogens is 1. The molecule has 2 aromatic rings. The van der Waals surface area contributed by atoms with Crippen molar-refractivity contribution in [2.75, 3.05) is 6.61 Å². The number of hydrogen-bond donors (Lipinski definition) is 0. The topological polar surface area (TPSA) is 39.2 Å². The molecule has 0 aliphatic heterocycles. The van der Waals surface area contributed by atoms with E-state index in [1.54, 1.807) is 18.3 Å². The number of pyridine rings is 1. The minimum absolute atomic E-state index is 0.0318. The lowest BCUT2D eigenvalue weighted by molar-refractivity contribution is 0.101. The van der Waals surface area contributed by atoms with Crippen LogP contribution in [0.4, 0.5) is 0 Å². The van der Waals surface area contributed by atoms with Crippen molar-refractivity contribution in [3.05, 3.63) is 59.9 Å². The number of hydrogen-bond acceptors (Lipinski definition) is 3. The highest BCUT2D eigenvalue weighted by molar-refractivity contribution is 5.92. The third-order valence-electron chi connectivity index (χ3n) is 2.82. The minimum atomic E-state index is -0.0318. The summed E-state index contributed by atoms with van der Waals surface area (Å²) in [5.74, 6) is 0.675. The van der Waals surface area contributed by atoms with Crippen LogP contribution in [-0.2, 0) is 6.42 Å². The molecule has 0 saturated carbocycles. The Labute approximate surface area is 113 Å². The number of aryl methyl sites for hydroxylation is 1. The fourth-order valence-corrected chi connectivity index (χ4v) is 1.78. The Kier molecular flexibility index (Phi) is 4.67. The van der Waals surface area contributed by atoms with E-state index in [1.807, 2.05) is 18.2 Å². The van der Waals surface area contributed by atoms with Gasteiger partial charge in [-0.3, -0.25) is 4.79 Å². The van der Waals surface area contributed by atoms with Gasteiger partial charge in [-0.05, 0) is 30.5 Å². The zero-order chi connectivity index (χ0) is 13.5. The van der Waals surface area contributed by atoms with E-state index in [4.69, 9.17) is 4.74 Å². The first-order valence-corrected chi connectivity index (χ1v) is 6.39. The smallest absolute Gasteiger partial charge is 0.178 e. The molecule has 0 N–H and O–H groups in total. The van der Waals surface area contributed by atoms with Gasteiger partial charge in [0.05, 0.1) is 12.8 Å². The molecule has 0 spiro atoms. The van der Waals surface area contributed by atoms with Crippen LogP contribution in [0.15, 0.2) is 48.7 Å². The van der Waals surface area contributed by atoms with E-state index in [9.17, 15) is 4.79 Å². The van der Waals surface area contributed by atoms with Crippen LogP contribution in [0.25, 0.3) is 0 Å². The molecule has 98 valence electrons. The van der Waals surface area contributed by atoms with Crippen molar-refractivity contribution in [2.45, 2.75) is 19.8 Å². The van der Waals surface area contributed by atoms with Crippen molar-refractivity contribution in [3.63, 3.8) is 0 Å². The van der Waals surface area contributed by atoms with Crippen molar-refractivity contribution in [2.24, 2.45) is 0 Å². The molecule has 0 atom stereocenters. The number of Topliss-reactive ketones (excluding diaryl/α,β-unsaturated/α-hetero) is 1. The van der Waals surface area contributed by atoms with Crippen LogP contribution in [0.5, 0.6) is 5.75 Å². The average Bonchev–Trinajstić information content (AvgIpc) is 2.45. The summed E-state index contributed by atoms with van der Waals surface area (Å²) in [7, 11) is 0. The predicted octanol–water partition coefficient (Wildman–Crippen LogP) is 3.30. The maximum atomic E-state index is 11.1. The Hall–Kier alpha value is -2.16. The summed E-state index contributed by atoms with van der Waals surface area (Å²) in [6.45, 7) is 2.15. The summed E-state index contributed by atoms with van der Waals surface area (Å²) in [6.07, 6.45) is 3.55. The van der Waals surface area contributed by atoms with Gasteiger partial charge in [0.15, 0.2) is 5.78 Å². The first-order valence-electron chi connectivity index (χ1n) is 6.39. The van der Waals surface area contributed by atoms with Gasteiger partial charge in [0.2, 0.25) is 0 Å². The van der Waals surface area contributed by atoms with Crippen LogP contribution in [0.2, 0.25) is 0 Å². The van der Waals surface area contributed by atoms with Crippen molar-refractivity contribution in [1.29, 1.82) is 0 Å². The molecule has 0 bridgehead atoms. The normalized spacial score (nSPS) is 10.2.